The van der Waals surface area contributed by atoms with Gasteiger partial charge in [-0.15, -0.1) is 0 Å². The van der Waals surface area contributed by atoms with E-state index in [0.717, 1.165) is 86.8 Å². The molecule has 1 saturated carbocycles. The highest BCUT2D eigenvalue weighted by Gasteiger charge is 2.29. The first-order valence-electron chi connectivity index (χ1n) is 14.1. The van der Waals surface area contributed by atoms with Gasteiger partial charge in [-0.05, 0) is 55.5 Å². The summed E-state index contributed by atoms with van der Waals surface area (Å²) in [5.41, 5.74) is 3.39. The van der Waals surface area contributed by atoms with Gasteiger partial charge in [0, 0.05) is 64.3 Å². The van der Waals surface area contributed by atoms with E-state index < -0.39 is 0 Å². The van der Waals surface area contributed by atoms with E-state index in [0.29, 0.717) is 13.0 Å². The lowest BCUT2D eigenvalue weighted by Crippen LogP contribution is -2.52. The minimum Gasteiger partial charge on any atom is -0.457 e. The molecule has 38 heavy (non-hydrogen) atoms. The minimum atomic E-state index is 0.179. The number of fused-ring (bicyclic) bond motifs is 1. The van der Waals surface area contributed by atoms with Gasteiger partial charge in [-0.25, -0.2) is 9.97 Å². The molecule has 0 atom stereocenters. The van der Waals surface area contributed by atoms with E-state index in [1.807, 2.05) is 59.7 Å². The lowest BCUT2D eigenvalue weighted by Gasteiger charge is -2.43. The molecule has 0 unspecified atom stereocenters. The fourth-order valence-corrected chi connectivity index (χ4v) is 5.69. The zero-order chi connectivity index (χ0) is 25.7. The lowest BCUT2D eigenvalue weighted by molar-refractivity contribution is -0.130. The van der Waals surface area contributed by atoms with Crippen LogP contribution in [0, 0.1) is 0 Å². The molecule has 2 aromatic rings. The summed E-state index contributed by atoms with van der Waals surface area (Å²) >= 11 is 0. The fraction of sp³-hybridized carbons (Fsp3) is 0.452. The Morgan fingerprint density at radius 3 is 2.58 bits per heavy atom. The molecular formula is C31H37N5O2. The second-order valence-electron chi connectivity index (χ2n) is 10.7. The highest BCUT2D eigenvalue weighted by atomic mass is 16.5. The van der Waals surface area contributed by atoms with Gasteiger partial charge in [0.1, 0.15) is 11.5 Å². The van der Waals surface area contributed by atoms with E-state index >= 15 is 0 Å². The number of ether oxygens (including phenoxy) is 1. The number of rotatable bonds is 6. The summed E-state index contributed by atoms with van der Waals surface area (Å²) in [5, 5.41) is 0. The van der Waals surface area contributed by atoms with Gasteiger partial charge in [0.2, 0.25) is 11.9 Å². The number of allylic oxidation sites excluding steroid dienone is 4. The van der Waals surface area contributed by atoms with Crippen LogP contribution < -0.4 is 9.64 Å². The van der Waals surface area contributed by atoms with Crippen LogP contribution in [0.25, 0.3) is 0 Å². The van der Waals surface area contributed by atoms with Crippen LogP contribution in [-0.4, -0.2) is 71.0 Å². The SMILES string of the molecule is O=C(CC1=CC=C(Oc2ccccc2)C=CC1)N1CCc2cnc(N3CCN(C4CCC4)CC3)nc2CC1. The average Bonchev–Trinajstić information content (AvgIpc) is 3.27. The maximum Gasteiger partial charge on any atom is 0.226 e. The zero-order valence-electron chi connectivity index (χ0n) is 22.1. The molecule has 1 aromatic heterocycles. The molecule has 1 saturated heterocycles. The third-order valence-electron chi connectivity index (χ3n) is 8.25. The number of benzene rings is 1. The fourth-order valence-electron chi connectivity index (χ4n) is 5.69. The van der Waals surface area contributed by atoms with Gasteiger partial charge in [-0.3, -0.25) is 9.69 Å². The van der Waals surface area contributed by atoms with E-state index in [9.17, 15) is 4.79 Å². The summed E-state index contributed by atoms with van der Waals surface area (Å²) in [7, 11) is 0. The minimum absolute atomic E-state index is 0.179. The Morgan fingerprint density at radius 1 is 0.974 bits per heavy atom. The number of nitrogens with zero attached hydrogens (tertiary/aromatic N) is 5. The number of carbonyl (C=O) groups excluding carboxylic acids is 1. The highest BCUT2D eigenvalue weighted by molar-refractivity contribution is 5.79. The van der Waals surface area contributed by atoms with E-state index in [4.69, 9.17) is 14.7 Å². The van der Waals surface area contributed by atoms with Crippen molar-refractivity contribution in [3.63, 3.8) is 0 Å². The van der Waals surface area contributed by atoms with E-state index in [1.54, 1.807) is 0 Å². The quantitative estimate of drug-likeness (QED) is 0.576. The molecule has 2 aliphatic heterocycles. The number of hydrogen-bond acceptors (Lipinski definition) is 6. The van der Waals surface area contributed by atoms with Crippen LogP contribution in [0.3, 0.4) is 0 Å². The number of carbonyl (C=O) groups is 1. The van der Waals surface area contributed by atoms with Crippen molar-refractivity contribution in [2.24, 2.45) is 0 Å². The number of aromatic nitrogens is 2. The van der Waals surface area contributed by atoms with Gasteiger partial charge in [0.05, 0.1) is 5.69 Å². The van der Waals surface area contributed by atoms with Crippen molar-refractivity contribution in [3.8, 4) is 5.75 Å². The topological polar surface area (TPSA) is 61.8 Å². The maximum absolute atomic E-state index is 13.2. The van der Waals surface area contributed by atoms with Crippen LogP contribution in [0.1, 0.15) is 43.4 Å². The Balaban J connectivity index is 1.03. The Hall–Kier alpha value is -3.45. The number of para-hydroxylation sites is 1. The average molecular weight is 512 g/mol. The van der Waals surface area contributed by atoms with Crippen molar-refractivity contribution in [2.45, 2.75) is 51.0 Å². The molecule has 7 nitrogen and oxygen atoms in total. The van der Waals surface area contributed by atoms with Gasteiger partial charge >= 0.3 is 0 Å². The summed E-state index contributed by atoms with van der Waals surface area (Å²) < 4.78 is 5.95. The molecular weight excluding hydrogens is 474 g/mol. The summed E-state index contributed by atoms with van der Waals surface area (Å²) in [4.78, 5) is 29.9. The van der Waals surface area contributed by atoms with Crippen molar-refractivity contribution in [1.29, 1.82) is 0 Å². The Morgan fingerprint density at radius 2 is 1.79 bits per heavy atom. The van der Waals surface area contributed by atoms with Gasteiger partial charge in [-0.1, -0.05) is 42.3 Å². The largest absolute Gasteiger partial charge is 0.457 e. The molecule has 2 aliphatic carbocycles. The monoisotopic (exact) mass is 511 g/mol. The second kappa shape index (κ2) is 11.5. The highest BCUT2D eigenvalue weighted by Crippen LogP contribution is 2.27. The molecule has 4 aliphatic rings. The van der Waals surface area contributed by atoms with E-state index in [-0.39, 0.29) is 5.91 Å². The molecule has 3 heterocycles. The number of hydrogen-bond donors (Lipinski definition) is 0. The molecule has 0 bridgehead atoms. The standard InChI is InChI=1S/C31H37N5O2/c37-30(22-24-6-4-11-28(13-12-24)38-27-9-2-1-3-10-27)35-16-14-25-23-32-31(33-29(25)15-17-35)36-20-18-34(19-21-36)26-7-5-8-26/h1-4,9-13,23,26H,5-8,14-22H2. The van der Waals surface area contributed by atoms with Crippen LogP contribution in [-0.2, 0) is 17.6 Å². The third kappa shape index (κ3) is 5.83. The summed E-state index contributed by atoms with van der Waals surface area (Å²) in [6.45, 7) is 5.63. The summed E-state index contributed by atoms with van der Waals surface area (Å²) in [6.07, 6.45) is 16.9. The van der Waals surface area contributed by atoms with Gasteiger partial charge < -0.3 is 14.5 Å². The van der Waals surface area contributed by atoms with Crippen LogP contribution in [0.5, 0.6) is 5.75 Å². The summed E-state index contributed by atoms with van der Waals surface area (Å²) in [5.74, 6) is 2.62. The predicted octanol–water partition coefficient (Wildman–Crippen LogP) is 4.32. The Labute approximate surface area is 225 Å². The molecule has 198 valence electrons. The van der Waals surface area contributed by atoms with E-state index in [2.05, 4.69) is 15.9 Å². The molecule has 0 radical (unpaired) electrons. The van der Waals surface area contributed by atoms with Crippen LogP contribution in [0.15, 0.2) is 72.2 Å². The smallest absolute Gasteiger partial charge is 0.226 e. The molecule has 1 amide bonds. The first kappa shape index (κ1) is 24.9. The van der Waals surface area contributed by atoms with E-state index in [1.165, 1.54) is 24.8 Å². The first-order valence-corrected chi connectivity index (χ1v) is 14.1. The summed E-state index contributed by atoms with van der Waals surface area (Å²) in [6, 6.07) is 10.6. The van der Waals surface area contributed by atoms with Crippen molar-refractivity contribution in [1.82, 2.24) is 19.8 Å². The van der Waals surface area contributed by atoms with Crippen molar-refractivity contribution >= 4 is 11.9 Å². The first-order chi connectivity index (χ1) is 18.7. The predicted molar refractivity (Wildman–Crippen MR) is 149 cm³/mol. The van der Waals surface area contributed by atoms with Gasteiger partial charge in [-0.2, -0.15) is 0 Å². The van der Waals surface area contributed by atoms with Crippen molar-refractivity contribution in [2.75, 3.05) is 44.2 Å². The van der Waals surface area contributed by atoms with Gasteiger partial charge in [0.15, 0.2) is 0 Å². The molecule has 1 aromatic carbocycles. The molecule has 0 N–H and O–H groups in total. The second-order valence-corrected chi connectivity index (χ2v) is 10.7. The number of anilines is 1. The number of piperazine rings is 1. The molecule has 6 rings (SSSR count). The van der Waals surface area contributed by atoms with Gasteiger partial charge in [0.25, 0.3) is 0 Å². The Bertz CT molecular complexity index is 1230. The van der Waals surface area contributed by atoms with Crippen LogP contribution >= 0.6 is 0 Å². The molecule has 2 fully saturated rings. The molecule has 0 spiro atoms. The maximum atomic E-state index is 13.2. The van der Waals surface area contributed by atoms with Crippen LogP contribution in [0.4, 0.5) is 5.95 Å². The number of amides is 1. The molecule has 7 heteroatoms. The zero-order valence-corrected chi connectivity index (χ0v) is 22.1. The van der Waals surface area contributed by atoms with Crippen LogP contribution in [0.2, 0.25) is 0 Å². The van der Waals surface area contributed by atoms with Crippen molar-refractivity contribution in [3.05, 3.63) is 83.4 Å². The van der Waals surface area contributed by atoms with Crippen molar-refractivity contribution < 1.29 is 9.53 Å². The normalized spacial score (nSPS) is 20.5. The lowest BCUT2D eigenvalue weighted by atomic mass is 9.91. The third-order valence-corrected chi connectivity index (χ3v) is 8.25. The Kier molecular flexibility index (Phi) is 7.54.